The number of hydrogen-bond acceptors (Lipinski definition) is 4. The lowest BCUT2D eigenvalue weighted by atomic mass is 10.1. The van der Waals surface area contributed by atoms with Gasteiger partial charge in [-0.25, -0.2) is 0 Å². The molecule has 0 bridgehead atoms. The van der Waals surface area contributed by atoms with E-state index < -0.39 is 5.91 Å². The van der Waals surface area contributed by atoms with Crippen molar-refractivity contribution in [1.82, 2.24) is 0 Å². The molecule has 0 aliphatic carbocycles. The molecule has 0 radical (unpaired) electrons. The van der Waals surface area contributed by atoms with Gasteiger partial charge in [0.05, 0.1) is 10.7 Å². The number of para-hydroxylation sites is 2. The fourth-order valence-corrected chi connectivity index (χ4v) is 2.97. The van der Waals surface area contributed by atoms with Gasteiger partial charge in [-0.15, -0.1) is 0 Å². The Morgan fingerprint density at radius 3 is 2.34 bits per heavy atom. The molecule has 0 saturated carbocycles. The molecule has 0 aliphatic rings. The van der Waals surface area contributed by atoms with Crippen LogP contribution in [0.15, 0.2) is 78.4 Å². The third kappa shape index (κ3) is 6.35. The van der Waals surface area contributed by atoms with Crippen molar-refractivity contribution < 1.29 is 14.3 Å². The number of anilines is 2. The summed E-state index contributed by atoms with van der Waals surface area (Å²) in [6.45, 7) is -0.263. The second-order valence-electron chi connectivity index (χ2n) is 6.49. The molecule has 0 saturated heterocycles. The molecule has 160 valence electrons. The Bertz CT molecular complexity index is 1200. The van der Waals surface area contributed by atoms with E-state index in [2.05, 4.69) is 10.6 Å². The van der Waals surface area contributed by atoms with E-state index in [1.807, 2.05) is 6.07 Å². The van der Waals surface area contributed by atoms with Crippen molar-refractivity contribution in [3.8, 4) is 11.8 Å². The monoisotopic (exact) mass is 465 g/mol. The maximum absolute atomic E-state index is 12.5. The number of amides is 2. The van der Waals surface area contributed by atoms with Crippen LogP contribution >= 0.6 is 23.2 Å². The number of carbonyl (C=O) groups is 2. The van der Waals surface area contributed by atoms with Gasteiger partial charge < -0.3 is 15.4 Å². The lowest BCUT2D eigenvalue weighted by Crippen LogP contribution is -2.20. The third-order valence-corrected chi connectivity index (χ3v) is 4.77. The summed E-state index contributed by atoms with van der Waals surface area (Å²) in [5.74, 6) is -0.643. The zero-order chi connectivity index (χ0) is 22.9. The molecule has 3 aromatic carbocycles. The molecule has 0 atom stereocenters. The highest BCUT2D eigenvalue weighted by molar-refractivity contribution is 6.34. The first-order valence-electron chi connectivity index (χ1n) is 9.41. The third-order valence-electron chi connectivity index (χ3n) is 4.19. The summed E-state index contributed by atoms with van der Waals surface area (Å²) < 4.78 is 5.61. The summed E-state index contributed by atoms with van der Waals surface area (Å²) in [6.07, 6.45) is 1.39. The fraction of sp³-hybridized carbons (Fsp3) is 0.0417. The Morgan fingerprint density at radius 1 is 0.938 bits per heavy atom. The molecular weight excluding hydrogens is 449 g/mol. The lowest BCUT2D eigenvalue weighted by Gasteiger charge is -2.10. The Balaban J connectivity index is 1.70. The van der Waals surface area contributed by atoms with E-state index in [1.165, 1.54) is 6.08 Å². The van der Waals surface area contributed by atoms with Crippen LogP contribution in [0.5, 0.6) is 5.75 Å². The molecule has 0 aliphatic heterocycles. The highest BCUT2D eigenvalue weighted by Gasteiger charge is 2.13. The summed E-state index contributed by atoms with van der Waals surface area (Å²) in [4.78, 5) is 24.7. The largest absolute Gasteiger partial charge is 0.483 e. The maximum Gasteiger partial charge on any atom is 0.266 e. The summed E-state index contributed by atoms with van der Waals surface area (Å²) >= 11 is 11.9. The molecule has 8 heteroatoms. The van der Waals surface area contributed by atoms with Gasteiger partial charge in [-0.3, -0.25) is 9.59 Å². The first-order valence-corrected chi connectivity index (χ1v) is 10.2. The number of nitrogens with zero attached hydrogens (tertiary/aromatic N) is 1. The molecule has 0 aromatic heterocycles. The smallest absolute Gasteiger partial charge is 0.266 e. The molecule has 0 spiro atoms. The minimum atomic E-state index is -0.615. The van der Waals surface area contributed by atoms with Crippen molar-refractivity contribution >= 4 is 52.5 Å². The number of halogens is 2. The first kappa shape index (κ1) is 22.9. The second-order valence-corrected chi connectivity index (χ2v) is 7.33. The Kier molecular flexibility index (Phi) is 7.87. The van der Waals surface area contributed by atoms with Crippen LogP contribution in [0.2, 0.25) is 10.0 Å². The van der Waals surface area contributed by atoms with E-state index in [-0.39, 0.29) is 18.1 Å². The van der Waals surface area contributed by atoms with Gasteiger partial charge >= 0.3 is 0 Å². The Labute approximate surface area is 195 Å². The summed E-state index contributed by atoms with van der Waals surface area (Å²) in [7, 11) is 0. The lowest BCUT2D eigenvalue weighted by molar-refractivity contribution is -0.118. The van der Waals surface area contributed by atoms with Crippen LogP contribution in [-0.4, -0.2) is 18.4 Å². The van der Waals surface area contributed by atoms with E-state index in [4.69, 9.17) is 27.9 Å². The predicted molar refractivity (Wildman–Crippen MR) is 126 cm³/mol. The average Bonchev–Trinajstić information content (AvgIpc) is 2.79. The van der Waals surface area contributed by atoms with Gasteiger partial charge in [-0.2, -0.15) is 5.26 Å². The molecule has 6 nitrogen and oxygen atoms in total. The summed E-state index contributed by atoms with van der Waals surface area (Å²) in [5.41, 5.74) is 1.30. The summed E-state index contributed by atoms with van der Waals surface area (Å²) in [5, 5.41) is 15.7. The average molecular weight is 466 g/mol. The molecular formula is C24H17Cl2N3O3. The van der Waals surface area contributed by atoms with Gasteiger partial charge in [0.25, 0.3) is 11.8 Å². The molecule has 0 fully saturated rings. The number of carbonyl (C=O) groups excluding carboxylic acids is 2. The van der Waals surface area contributed by atoms with Crippen molar-refractivity contribution in [2.24, 2.45) is 0 Å². The van der Waals surface area contributed by atoms with Crippen LogP contribution in [0.25, 0.3) is 6.08 Å². The van der Waals surface area contributed by atoms with Crippen LogP contribution in [0, 0.1) is 11.3 Å². The van der Waals surface area contributed by atoms with E-state index in [9.17, 15) is 14.9 Å². The van der Waals surface area contributed by atoms with Gasteiger partial charge in [-0.1, -0.05) is 53.5 Å². The quantitative estimate of drug-likeness (QED) is 0.353. The van der Waals surface area contributed by atoms with Crippen molar-refractivity contribution in [2.45, 2.75) is 0 Å². The molecule has 0 unspecified atom stereocenters. The van der Waals surface area contributed by atoms with E-state index in [0.717, 1.165) is 0 Å². The van der Waals surface area contributed by atoms with Gasteiger partial charge in [-0.05, 0) is 48.5 Å². The van der Waals surface area contributed by atoms with Gasteiger partial charge in [0.1, 0.15) is 17.4 Å². The van der Waals surface area contributed by atoms with Gasteiger partial charge in [0.15, 0.2) is 6.61 Å². The van der Waals surface area contributed by atoms with Crippen LogP contribution in [0.3, 0.4) is 0 Å². The van der Waals surface area contributed by atoms with Gasteiger partial charge in [0.2, 0.25) is 0 Å². The molecule has 3 rings (SSSR count). The van der Waals surface area contributed by atoms with E-state index in [1.54, 1.807) is 72.8 Å². The number of nitrogens with one attached hydrogen (secondary N) is 2. The first-order chi connectivity index (χ1) is 15.5. The number of rotatable bonds is 7. The topological polar surface area (TPSA) is 91.2 Å². The highest BCUT2D eigenvalue weighted by Crippen LogP contribution is 2.24. The van der Waals surface area contributed by atoms with E-state index in [0.29, 0.717) is 32.7 Å². The van der Waals surface area contributed by atoms with Crippen molar-refractivity contribution in [2.75, 3.05) is 17.2 Å². The molecule has 2 N–H and O–H groups in total. The standard InChI is InChI=1S/C24H17Cl2N3O3/c25-18-9-11-19(12-10-18)28-23(30)15-32-22-8-4-1-5-16(22)13-17(14-27)24(31)29-21-7-3-2-6-20(21)26/h1-13H,15H2,(H,28,30)(H,29,31)/b17-13+. The van der Waals surface area contributed by atoms with Crippen LogP contribution in [-0.2, 0) is 9.59 Å². The predicted octanol–water partition coefficient (Wildman–Crippen LogP) is 5.56. The number of ether oxygens (including phenoxy) is 1. The number of benzene rings is 3. The Morgan fingerprint density at radius 2 is 1.62 bits per heavy atom. The number of nitriles is 1. The van der Waals surface area contributed by atoms with Crippen LogP contribution in [0.1, 0.15) is 5.56 Å². The molecule has 3 aromatic rings. The zero-order valence-electron chi connectivity index (χ0n) is 16.6. The van der Waals surface area contributed by atoms with Crippen molar-refractivity contribution in [3.05, 3.63) is 94.0 Å². The van der Waals surface area contributed by atoms with Crippen molar-refractivity contribution in [1.29, 1.82) is 5.26 Å². The fourth-order valence-electron chi connectivity index (χ4n) is 2.66. The Hall–Kier alpha value is -3.79. The summed E-state index contributed by atoms with van der Waals surface area (Å²) in [6, 6.07) is 22.0. The molecule has 2 amide bonds. The number of hydrogen-bond donors (Lipinski definition) is 2. The zero-order valence-corrected chi connectivity index (χ0v) is 18.2. The molecule has 32 heavy (non-hydrogen) atoms. The van der Waals surface area contributed by atoms with Crippen LogP contribution < -0.4 is 15.4 Å². The van der Waals surface area contributed by atoms with E-state index >= 15 is 0 Å². The minimum Gasteiger partial charge on any atom is -0.483 e. The highest BCUT2D eigenvalue weighted by atomic mass is 35.5. The SMILES string of the molecule is N#C/C(=C\c1ccccc1OCC(=O)Nc1ccc(Cl)cc1)C(=O)Nc1ccccc1Cl. The van der Waals surface area contributed by atoms with Gasteiger partial charge in [0, 0.05) is 16.3 Å². The van der Waals surface area contributed by atoms with Crippen LogP contribution in [0.4, 0.5) is 11.4 Å². The second kappa shape index (κ2) is 11.0. The van der Waals surface area contributed by atoms with Crippen molar-refractivity contribution in [3.63, 3.8) is 0 Å². The maximum atomic E-state index is 12.5. The molecule has 0 heterocycles. The normalized spacial score (nSPS) is 10.7. The minimum absolute atomic E-state index is 0.147.